The van der Waals surface area contributed by atoms with Gasteiger partial charge in [-0.1, -0.05) is 0 Å². The number of aromatic nitrogens is 1. The van der Waals surface area contributed by atoms with Gasteiger partial charge in [-0.25, -0.2) is 13.6 Å². The summed E-state index contributed by atoms with van der Waals surface area (Å²) >= 11 is 3.14. The molecular formula is C16H14BrF2NO3. The smallest absolute Gasteiger partial charge is 0.343 e. The number of aryl methyl sites for hydroxylation is 1. The van der Waals surface area contributed by atoms with Crippen molar-refractivity contribution in [2.24, 2.45) is 0 Å². The fourth-order valence-corrected chi connectivity index (χ4v) is 3.01. The summed E-state index contributed by atoms with van der Waals surface area (Å²) in [6.07, 6.45) is 0.581. The molecule has 0 N–H and O–H groups in total. The third-order valence-corrected chi connectivity index (χ3v) is 4.94. The van der Waals surface area contributed by atoms with E-state index in [2.05, 4.69) is 15.9 Å². The van der Waals surface area contributed by atoms with Crippen LogP contribution < -0.4 is 5.43 Å². The van der Waals surface area contributed by atoms with Gasteiger partial charge in [-0.05, 0) is 41.4 Å². The predicted octanol–water partition coefficient (Wildman–Crippen LogP) is 3.67. The van der Waals surface area contributed by atoms with E-state index in [4.69, 9.17) is 4.74 Å². The summed E-state index contributed by atoms with van der Waals surface area (Å²) in [5.41, 5.74) is 0.105. The van der Waals surface area contributed by atoms with Gasteiger partial charge >= 0.3 is 5.97 Å². The lowest BCUT2D eigenvalue weighted by Gasteiger charge is -2.15. The van der Waals surface area contributed by atoms with Gasteiger partial charge in [0.15, 0.2) is 0 Å². The van der Waals surface area contributed by atoms with E-state index in [1.807, 2.05) is 0 Å². The van der Waals surface area contributed by atoms with E-state index >= 15 is 0 Å². The van der Waals surface area contributed by atoms with E-state index in [-0.39, 0.29) is 22.0 Å². The Hall–Kier alpha value is -1.76. The van der Waals surface area contributed by atoms with Gasteiger partial charge < -0.3 is 9.30 Å². The minimum atomic E-state index is -1.04. The van der Waals surface area contributed by atoms with Crippen LogP contribution in [-0.2, 0) is 4.74 Å². The van der Waals surface area contributed by atoms with E-state index in [9.17, 15) is 18.4 Å². The lowest BCUT2D eigenvalue weighted by Crippen LogP contribution is -2.21. The zero-order chi connectivity index (χ0) is 16.9. The highest BCUT2D eigenvalue weighted by atomic mass is 79.9. The quantitative estimate of drug-likeness (QED) is 0.757. The summed E-state index contributed by atoms with van der Waals surface area (Å²) in [6.45, 7) is 3.38. The molecule has 0 spiro atoms. The van der Waals surface area contributed by atoms with Crippen molar-refractivity contribution in [1.82, 2.24) is 4.57 Å². The molecule has 0 bridgehead atoms. The highest BCUT2D eigenvalue weighted by molar-refractivity contribution is 9.10. The van der Waals surface area contributed by atoms with Crippen molar-refractivity contribution in [2.45, 2.75) is 32.5 Å². The third-order valence-electron chi connectivity index (χ3n) is 3.97. The summed E-state index contributed by atoms with van der Waals surface area (Å²) in [5, 5.41) is 0.0489. The summed E-state index contributed by atoms with van der Waals surface area (Å²) in [6, 6.07) is 0.617. The normalized spacial score (nSPS) is 19.9. The number of nitrogens with zero attached hydrogens (tertiary/aromatic N) is 1. The van der Waals surface area contributed by atoms with Crippen LogP contribution in [0.5, 0.6) is 0 Å². The molecule has 1 aromatic carbocycles. The van der Waals surface area contributed by atoms with Gasteiger partial charge in [0.25, 0.3) is 0 Å². The molecule has 7 heteroatoms. The van der Waals surface area contributed by atoms with Crippen molar-refractivity contribution in [1.29, 1.82) is 0 Å². The van der Waals surface area contributed by atoms with Crippen LogP contribution in [-0.4, -0.2) is 23.3 Å². The first-order valence-corrected chi connectivity index (χ1v) is 8.00. The number of rotatable bonds is 3. The minimum absolute atomic E-state index is 0.0489. The maximum absolute atomic E-state index is 14.0. The number of benzene rings is 1. The Morgan fingerprint density at radius 1 is 1.52 bits per heavy atom. The molecule has 2 atom stereocenters. The molecule has 1 aliphatic carbocycles. The standard InChI is InChI=1S/C16H14BrF2NO3/c1-3-23-16(22)9-6-20(12-5-10(12)18)14-7(2)13(17)11(19)4-8(14)15(9)21/h4,6,10,12H,3,5H2,1-2H3. The second-order valence-corrected chi connectivity index (χ2v) is 6.31. The monoisotopic (exact) mass is 385 g/mol. The fraction of sp³-hybridized carbons (Fsp3) is 0.375. The molecule has 2 unspecified atom stereocenters. The lowest BCUT2D eigenvalue weighted by atomic mass is 10.1. The van der Waals surface area contributed by atoms with E-state index in [0.29, 0.717) is 17.5 Å². The zero-order valence-electron chi connectivity index (χ0n) is 12.5. The van der Waals surface area contributed by atoms with Crippen molar-refractivity contribution < 1.29 is 18.3 Å². The van der Waals surface area contributed by atoms with Gasteiger partial charge in [0, 0.05) is 18.0 Å². The van der Waals surface area contributed by atoms with Gasteiger partial charge in [-0.15, -0.1) is 0 Å². The van der Waals surface area contributed by atoms with Gasteiger partial charge in [-0.2, -0.15) is 0 Å². The molecule has 0 amide bonds. The first kappa shape index (κ1) is 16.1. The summed E-state index contributed by atoms with van der Waals surface area (Å²) in [7, 11) is 0. The molecule has 122 valence electrons. The van der Waals surface area contributed by atoms with Crippen LogP contribution in [0.15, 0.2) is 21.5 Å². The van der Waals surface area contributed by atoms with Crippen LogP contribution in [0.2, 0.25) is 0 Å². The second kappa shape index (κ2) is 5.70. The number of alkyl halides is 1. The number of esters is 1. The summed E-state index contributed by atoms with van der Waals surface area (Å²) in [5.74, 6) is -1.39. The number of pyridine rings is 1. The summed E-state index contributed by atoms with van der Waals surface area (Å²) < 4.78 is 34.2. The zero-order valence-corrected chi connectivity index (χ0v) is 14.1. The maximum atomic E-state index is 14.0. The van der Waals surface area contributed by atoms with Crippen LogP contribution in [0.4, 0.5) is 8.78 Å². The molecule has 0 saturated heterocycles. The second-order valence-electron chi connectivity index (χ2n) is 5.51. The number of carbonyl (C=O) groups excluding carboxylic acids is 1. The van der Waals surface area contributed by atoms with Crippen molar-refractivity contribution in [3.05, 3.63) is 43.9 Å². The van der Waals surface area contributed by atoms with Gasteiger partial charge in [0.05, 0.1) is 22.6 Å². The number of carbonyl (C=O) groups is 1. The first-order valence-electron chi connectivity index (χ1n) is 7.21. The van der Waals surface area contributed by atoms with E-state index < -0.39 is 29.4 Å². The number of hydrogen-bond donors (Lipinski definition) is 0. The largest absolute Gasteiger partial charge is 0.462 e. The molecule has 23 heavy (non-hydrogen) atoms. The van der Waals surface area contributed by atoms with Crippen molar-refractivity contribution in [3.8, 4) is 0 Å². The number of halogens is 3. The Balaban J connectivity index is 2.38. The molecular weight excluding hydrogens is 372 g/mol. The van der Waals surface area contributed by atoms with E-state index in [1.54, 1.807) is 18.4 Å². The molecule has 1 saturated carbocycles. The van der Waals surface area contributed by atoms with Crippen LogP contribution in [0, 0.1) is 12.7 Å². The Kier molecular flexibility index (Phi) is 4.00. The van der Waals surface area contributed by atoms with Crippen LogP contribution in [0.1, 0.15) is 35.3 Å². The molecule has 2 aromatic rings. The Labute approximate surface area is 139 Å². The summed E-state index contributed by atoms with van der Waals surface area (Å²) in [4.78, 5) is 24.5. The van der Waals surface area contributed by atoms with Crippen molar-refractivity contribution in [3.63, 3.8) is 0 Å². The molecule has 1 aliphatic rings. The molecule has 1 fully saturated rings. The van der Waals surface area contributed by atoms with E-state index in [1.165, 1.54) is 6.20 Å². The average Bonchev–Trinajstić information content (AvgIpc) is 3.23. The fourth-order valence-electron chi connectivity index (χ4n) is 2.71. The highest BCUT2D eigenvalue weighted by Crippen LogP contribution is 2.42. The molecule has 0 aliphatic heterocycles. The van der Waals surface area contributed by atoms with Crippen molar-refractivity contribution >= 4 is 32.8 Å². The predicted molar refractivity (Wildman–Crippen MR) is 85.1 cm³/mol. The Bertz CT molecular complexity index is 878. The van der Waals surface area contributed by atoms with Gasteiger partial charge in [0.1, 0.15) is 17.6 Å². The van der Waals surface area contributed by atoms with Gasteiger partial charge in [-0.3, -0.25) is 4.79 Å². The number of fused-ring (bicyclic) bond motifs is 1. The van der Waals surface area contributed by atoms with Gasteiger partial charge in [0.2, 0.25) is 5.43 Å². The van der Waals surface area contributed by atoms with Crippen molar-refractivity contribution in [2.75, 3.05) is 6.61 Å². The van der Waals surface area contributed by atoms with E-state index in [0.717, 1.165) is 6.07 Å². The number of hydrogen-bond acceptors (Lipinski definition) is 3. The molecule has 1 heterocycles. The van der Waals surface area contributed by atoms with Crippen LogP contribution >= 0.6 is 15.9 Å². The minimum Gasteiger partial charge on any atom is -0.462 e. The topological polar surface area (TPSA) is 48.3 Å². The molecule has 1 aromatic heterocycles. The average molecular weight is 386 g/mol. The molecule has 0 radical (unpaired) electrons. The highest BCUT2D eigenvalue weighted by Gasteiger charge is 2.40. The first-order chi connectivity index (χ1) is 10.9. The third kappa shape index (κ3) is 2.56. The molecule has 4 nitrogen and oxygen atoms in total. The van der Waals surface area contributed by atoms with Crippen LogP contribution in [0.3, 0.4) is 0 Å². The Morgan fingerprint density at radius 3 is 2.74 bits per heavy atom. The molecule has 3 rings (SSSR count). The lowest BCUT2D eigenvalue weighted by molar-refractivity contribution is 0.0524. The Morgan fingerprint density at radius 2 is 2.17 bits per heavy atom. The maximum Gasteiger partial charge on any atom is 0.343 e. The number of ether oxygens (including phenoxy) is 1. The SMILES string of the molecule is CCOC(=O)c1cn(C2CC2F)c2c(C)c(Br)c(F)cc2c1=O. The van der Waals surface area contributed by atoms with Crippen LogP contribution in [0.25, 0.3) is 10.9 Å².